The first-order valence-corrected chi connectivity index (χ1v) is 5.48. The van der Waals surface area contributed by atoms with E-state index in [1.54, 1.807) is 0 Å². The second kappa shape index (κ2) is 4.98. The van der Waals surface area contributed by atoms with Crippen LogP contribution in [0.1, 0.15) is 20.8 Å². The molecule has 0 spiro atoms. The van der Waals surface area contributed by atoms with Crippen molar-refractivity contribution in [1.82, 2.24) is 0 Å². The van der Waals surface area contributed by atoms with Crippen LogP contribution >= 0.6 is 0 Å². The molecule has 5 nitrogen and oxygen atoms in total. The lowest BCUT2D eigenvalue weighted by atomic mass is 9.73. The van der Waals surface area contributed by atoms with E-state index in [-0.39, 0.29) is 17.9 Å². The predicted octanol–water partition coefficient (Wildman–Crippen LogP) is -0.266. The van der Waals surface area contributed by atoms with Crippen molar-refractivity contribution in [3.8, 4) is 0 Å². The van der Waals surface area contributed by atoms with Crippen molar-refractivity contribution < 1.29 is 24.8 Å². The van der Waals surface area contributed by atoms with E-state index in [1.807, 2.05) is 20.8 Å². The van der Waals surface area contributed by atoms with Crippen LogP contribution in [0, 0.1) is 11.3 Å². The molecule has 0 aromatic heterocycles. The molecule has 1 aliphatic rings. The molecule has 0 aliphatic carbocycles. The smallest absolute Gasteiger partial charge is 0.163 e. The van der Waals surface area contributed by atoms with Crippen LogP contribution in [-0.4, -0.2) is 53.6 Å². The Kier molecular flexibility index (Phi) is 4.31. The maximum Gasteiger partial charge on any atom is 0.163 e. The van der Waals surface area contributed by atoms with Gasteiger partial charge in [-0.3, -0.25) is 0 Å². The minimum atomic E-state index is -1.08. The molecule has 1 heterocycles. The second-order valence-electron chi connectivity index (χ2n) is 5.33. The van der Waals surface area contributed by atoms with E-state index in [2.05, 4.69) is 0 Å². The molecule has 0 aromatic rings. The summed E-state index contributed by atoms with van der Waals surface area (Å²) in [6, 6.07) is 0. The highest BCUT2D eigenvalue weighted by atomic mass is 16.7. The first kappa shape index (κ1) is 13.9. The highest BCUT2D eigenvalue weighted by Crippen LogP contribution is 2.38. The Hall–Kier alpha value is -0.200. The summed E-state index contributed by atoms with van der Waals surface area (Å²) >= 11 is 0. The Morgan fingerprint density at radius 2 is 1.75 bits per heavy atom. The Labute approximate surface area is 96.0 Å². The van der Waals surface area contributed by atoms with Crippen LogP contribution in [0.15, 0.2) is 0 Å². The topological polar surface area (TPSA) is 79.2 Å². The zero-order valence-electron chi connectivity index (χ0n) is 10.3. The van der Waals surface area contributed by atoms with Crippen molar-refractivity contribution in [3.05, 3.63) is 0 Å². The number of hydrogen-bond donors (Lipinski definition) is 3. The van der Waals surface area contributed by atoms with Gasteiger partial charge in [0.2, 0.25) is 0 Å². The Morgan fingerprint density at radius 1 is 1.19 bits per heavy atom. The number of ether oxygens (including phenoxy) is 2. The monoisotopic (exact) mass is 234 g/mol. The van der Waals surface area contributed by atoms with Crippen LogP contribution in [0.2, 0.25) is 0 Å². The van der Waals surface area contributed by atoms with Gasteiger partial charge in [0.15, 0.2) is 6.29 Å². The van der Waals surface area contributed by atoms with Gasteiger partial charge >= 0.3 is 0 Å². The van der Waals surface area contributed by atoms with Gasteiger partial charge in [0.1, 0.15) is 12.2 Å². The normalized spacial score (nSPS) is 41.1. The third-order valence-corrected chi connectivity index (χ3v) is 3.11. The lowest BCUT2D eigenvalue weighted by Gasteiger charge is -2.47. The van der Waals surface area contributed by atoms with Crippen molar-refractivity contribution >= 4 is 0 Å². The van der Waals surface area contributed by atoms with Gasteiger partial charge < -0.3 is 24.8 Å². The van der Waals surface area contributed by atoms with Crippen molar-refractivity contribution in [3.63, 3.8) is 0 Å². The molecule has 2 unspecified atom stereocenters. The van der Waals surface area contributed by atoms with Crippen molar-refractivity contribution in [1.29, 1.82) is 0 Å². The molecule has 0 amide bonds. The number of rotatable bonds is 2. The summed E-state index contributed by atoms with van der Waals surface area (Å²) in [6.45, 7) is 5.50. The Morgan fingerprint density at radius 3 is 2.12 bits per heavy atom. The molecule has 0 aromatic carbocycles. The average Bonchev–Trinajstić information content (AvgIpc) is 2.19. The number of methoxy groups -OCH3 is 1. The number of aliphatic hydroxyl groups is 3. The lowest BCUT2D eigenvalue weighted by Crippen LogP contribution is -2.59. The van der Waals surface area contributed by atoms with E-state index in [0.29, 0.717) is 0 Å². The summed E-state index contributed by atoms with van der Waals surface area (Å²) in [5.41, 5.74) is -0.262. The summed E-state index contributed by atoms with van der Waals surface area (Å²) in [7, 11) is 1.49. The highest BCUT2D eigenvalue weighted by molar-refractivity contribution is 4.93. The second-order valence-corrected chi connectivity index (χ2v) is 5.33. The summed E-state index contributed by atoms with van der Waals surface area (Å²) in [4.78, 5) is 0. The van der Waals surface area contributed by atoms with Crippen molar-refractivity contribution in [2.45, 2.75) is 45.4 Å². The average molecular weight is 234 g/mol. The third-order valence-electron chi connectivity index (χ3n) is 3.11. The molecule has 1 rings (SSSR count). The van der Waals surface area contributed by atoms with Gasteiger partial charge in [-0.05, 0) is 5.41 Å². The summed E-state index contributed by atoms with van der Waals surface area (Å²) in [5, 5.41) is 28.9. The van der Waals surface area contributed by atoms with Gasteiger partial charge in [-0.25, -0.2) is 0 Å². The third kappa shape index (κ3) is 2.55. The van der Waals surface area contributed by atoms with Crippen LogP contribution in [-0.2, 0) is 9.47 Å². The zero-order chi connectivity index (χ0) is 12.5. The van der Waals surface area contributed by atoms with E-state index >= 15 is 0 Å². The molecule has 3 N–H and O–H groups in total. The first-order valence-electron chi connectivity index (χ1n) is 5.48. The Bertz CT molecular complexity index is 223. The van der Waals surface area contributed by atoms with Gasteiger partial charge in [-0.15, -0.1) is 0 Å². The van der Waals surface area contributed by atoms with E-state index in [4.69, 9.17) is 14.6 Å². The van der Waals surface area contributed by atoms with Crippen molar-refractivity contribution in [2.75, 3.05) is 13.7 Å². The summed E-state index contributed by atoms with van der Waals surface area (Å²) in [6.07, 6.45) is -3.45. The largest absolute Gasteiger partial charge is 0.394 e. The molecule has 16 heavy (non-hydrogen) atoms. The fraction of sp³-hybridized carbons (Fsp3) is 1.00. The van der Waals surface area contributed by atoms with Crippen LogP contribution < -0.4 is 0 Å². The van der Waals surface area contributed by atoms with Crippen LogP contribution in [0.25, 0.3) is 0 Å². The van der Waals surface area contributed by atoms with Crippen LogP contribution in [0.3, 0.4) is 0 Å². The standard InChI is InChI=1S/C11H22O5/c1-11(2,3)7-9(14)8(13)6(5-12)16-10(7)15-4/h6-10,12-14H,5H2,1-4H3/t6?,7?,8-,9-,10+/m1/s1. The highest BCUT2D eigenvalue weighted by Gasteiger charge is 2.49. The molecule has 1 saturated heterocycles. The van der Waals surface area contributed by atoms with E-state index in [1.165, 1.54) is 7.11 Å². The molecule has 96 valence electrons. The quantitative estimate of drug-likeness (QED) is 0.613. The zero-order valence-corrected chi connectivity index (χ0v) is 10.3. The van der Waals surface area contributed by atoms with Gasteiger partial charge in [0.05, 0.1) is 12.7 Å². The molecule has 5 atom stereocenters. The molecule has 0 saturated carbocycles. The molecule has 1 fully saturated rings. The van der Waals surface area contributed by atoms with Gasteiger partial charge in [-0.1, -0.05) is 20.8 Å². The predicted molar refractivity (Wildman–Crippen MR) is 57.7 cm³/mol. The molecule has 5 heteroatoms. The summed E-state index contributed by atoms with van der Waals surface area (Å²) < 4.78 is 10.6. The van der Waals surface area contributed by atoms with Gasteiger partial charge in [-0.2, -0.15) is 0 Å². The summed E-state index contributed by atoms with van der Waals surface area (Å²) in [5.74, 6) is -0.338. The fourth-order valence-electron chi connectivity index (χ4n) is 2.20. The molecule has 0 radical (unpaired) electrons. The molecular formula is C11H22O5. The first-order chi connectivity index (χ1) is 7.32. The molecular weight excluding hydrogens is 212 g/mol. The number of aliphatic hydroxyl groups excluding tert-OH is 3. The fourth-order valence-corrected chi connectivity index (χ4v) is 2.20. The SMILES string of the molecule is CO[C@H]1OC(CO)[C@@H](O)[C@H](O)C1C(C)(C)C. The van der Waals surface area contributed by atoms with Crippen molar-refractivity contribution in [2.24, 2.45) is 11.3 Å². The Balaban J connectivity index is 2.91. The van der Waals surface area contributed by atoms with E-state index < -0.39 is 24.6 Å². The van der Waals surface area contributed by atoms with Crippen LogP contribution in [0.4, 0.5) is 0 Å². The molecule has 1 aliphatic heterocycles. The number of hydrogen-bond acceptors (Lipinski definition) is 5. The molecule has 0 bridgehead atoms. The lowest BCUT2D eigenvalue weighted by molar-refractivity contribution is -0.294. The minimum Gasteiger partial charge on any atom is -0.394 e. The van der Waals surface area contributed by atoms with Crippen LogP contribution in [0.5, 0.6) is 0 Å². The minimum absolute atomic E-state index is 0.262. The maximum absolute atomic E-state index is 10.1. The van der Waals surface area contributed by atoms with E-state index in [0.717, 1.165) is 0 Å². The maximum atomic E-state index is 10.1. The van der Waals surface area contributed by atoms with Gasteiger partial charge in [0.25, 0.3) is 0 Å². The van der Waals surface area contributed by atoms with Gasteiger partial charge in [0, 0.05) is 13.0 Å². The van der Waals surface area contributed by atoms with E-state index in [9.17, 15) is 10.2 Å².